The fourth-order valence-corrected chi connectivity index (χ4v) is 3.05. The van der Waals surface area contributed by atoms with Gasteiger partial charge in [0.15, 0.2) is 0 Å². The molecule has 22 heavy (non-hydrogen) atoms. The maximum atomic E-state index is 12.1. The molecule has 0 aromatic rings. The standard InChI is InChI=1S/C16H28N2O4/c1-3-13(21-15(19)17-9-5-6-10-17)14(4-2)22-16(20)18-11-7-8-12-18/h13-14H,3-12H2,1-2H3. The van der Waals surface area contributed by atoms with E-state index in [2.05, 4.69) is 0 Å². The number of hydrogen-bond acceptors (Lipinski definition) is 4. The van der Waals surface area contributed by atoms with Crippen LogP contribution in [-0.4, -0.2) is 60.4 Å². The summed E-state index contributed by atoms with van der Waals surface area (Å²) in [5.41, 5.74) is 0. The van der Waals surface area contributed by atoms with Gasteiger partial charge in [0, 0.05) is 26.2 Å². The lowest BCUT2D eigenvalue weighted by molar-refractivity contribution is -0.0300. The van der Waals surface area contributed by atoms with Crippen molar-refractivity contribution in [1.82, 2.24) is 9.80 Å². The first kappa shape index (κ1) is 16.9. The van der Waals surface area contributed by atoms with E-state index in [-0.39, 0.29) is 24.4 Å². The van der Waals surface area contributed by atoms with Gasteiger partial charge >= 0.3 is 12.2 Å². The molecule has 0 spiro atoms. The number of ether oxygens (including phenoxy) is 2. The largest absolute Gasteiger partial charge is 0.442 e. The second-order valence-electron chi connectivity index (χ2n) is 6.05. The van der Waals surface area contributed by atoms with Crippen LogP contribution in [0.4, 0.5) is 9.59 Å². The SMILES string of the molecule is CCC(OC(=O)N1CCCC1)C(CC)OC(=O)N1CCCC1. The van der Waals surface area contributed by atoms with E-state index in [0.29, 0.717) is 12.8 Å². The van der Waals surface area contributed by atoms with E-state index in [1.54, 1.807) is 9.80 Å². The molecule has 0 aromatic carbocycles. The van der Waals surface area contributed by atoms with Crippen LogP contribution in [0.3, 0.4) is 0 Å². The summed E-state index contributed by atoms with van der Waals surface area (Å²) in [4.78, 5) is 27.7. The van der Waals surface area contributed by atoms with Crippen LogP contribution >= 0.6 is 0 Å². The Morgan fingerprint density at radius 2 is 1.09 bits per heavy atom. The second-order valence-corrected chi connectivity index (χ2v) is 6.05. The van der Waals surface area contributed by atoms with Crippen LogP contribution in [0.2, 0.25) is 0 Å². The van der Waals surface area contributed by atoms with Crippen molar-refractivity contribution in [3.8, 4) is 0 Å². The summed E-state index contributed by atoms with van der Waals surface area (Å²) >= 11 is 0. The topological polar surface area (TPSA) is 59.1 Å². The van der Waals surface area contributed by atoms with E-state index in [1.165, 1.54) is 0 Å². The molecule has 0 aromatic heterocycles. The van der Waals surface area contributed by atoms with Gasteiger partial charge in [0.1, 0.15) is 12.2 Å². The third-order valence-corrected chi connectivity index (χ3v) is 4.45. The van der Waals surface area contributed by atoms with Crippen molar-refractivity contribution in [3.05, 3.63) is 0 Å². The van der Waals surface area contributed by atoms with Crippen molar-refractivity contribution in [3.63, 3.8) is 0 Å². The van der Waals surface area contributed by atoms with Crippen molar-refractivity contribution < 1.29 is 19.1 Å². The van der Waals surface area contributed by atoms with Gasteiger partial charge in [-0.3, -0.25) is 0 Å². The number of likely N-dealkylation sites (tertiary alicyclic amines) is 2. The van der Waals surface area contributed by atoms with Crippen molar-refractivity contribution in [1.29, 1.82) is 0 Å². The maximum absolute atomic E-state index is 12.1. The van der Waals surface area contributed by atoms with Crippen molar-refractivity contribution in [2.75, 3.05) is 26.2 Å². The van der Waals surface area contributed by atoms with Gasteiger partial charge in [-0.25, -0.2) is 9.59 Å². The van der Waals surface area contributed by atoms with Gasteiger partial charge in [-0.05, 0) is 38.5 Å². The third-order valence-electron chi connectivity index (χ3n) is 4.45. The average Bonchev–Trinajstić information content (AvgIpc) is 3.23. The van der Waals surface area contributed by atoms with Gasteiger partial charge < -0.3 is 19.3 Å². The Bertz CT molecular complexity index is 340. The zero-order chi connectivity index (χ0) is 15.9. The molecule has 2 saturated heterocycles. The Hall–Kier alpha value is -1.46. The summed E-state index contributed by atoms with van der Waals surface area (Å²) in [6.45, 7) is 6.96. The van der Waals surface area contributed by atoms with E-state index >= 15 is 0 Å². The number of carbonyl (C=O) groups is 2. The highest BCUT2D eigenvalue weighted by Crippen LogP contribution is 2.18. The van der Waals surface area contributed by atoms with E-state index < -0.39 is 0 Å². The van der Waals surface area contributed by atoms with Gasteiger partial charge in [-0.1, -0.05) is 13.8 Å². The number of nitrogens with zero attached hydrogens (tertiary/aromatic N) is 2. The lowest BCUT2D eigenvalue weighted by Gasteiger charge is -2.28. The van der Waals surface area contributed by atoms with Gasteiger partial charge in [-0.2, -0.15) is 0 Å². The zero-order valence-corrected chi connectivity index (χ0v) is 13.8. The Morgan fingerprint density at radius 1 is 0.773 bits per heavy atom. The second kappa shape index (κ2) is 8.25. The first-order valence-corrected chi connectivity index (χ1v) is 8.56. The maximum Gasteiger partial charge on any atom is 0.410 e. The third kappa shape index (κ3) is 4.27. The van der Waals surface area contributed by atoms with Gasteiger partial charge in [0.05, 0.1) is 0 Å². The van der Waals surface area contributed by atoms with Crippen molar-refractivity contribution >= 4 is 12.2 Å². The molecule has 2 heterocycles. The van der Waals surface area contributed by atoms with Crippen molar-refractivity contribution in [2.24, 2.45) is 0 Å². The molecule has 2 amide bonds. The van der Waals surface area contributed by atoms with Crippen LogP contribution in [0.1, 0.15) is 52.4 Å². The van der Waals surface area contributed by atoms with Crippen LogP contribution in [0.15, 0.2) is 0 Å². The first-order chi connectivity index (χ1) is 10.7. The predicted octanol–water partition coefficient (Wildman–Crippen LogP) is 3.01. The summed E-state index contributed by atoms with van der Waals surface area (Å²) in [5, 5.41) is 0. The highest BCUT2D eigenvalue weighted by molar-refractivity contribution is 5.69. The summed E-state index contributed by atoms with van der Waals surface area (Å²) in [7, 11) is 0. The highest BCUT2D eigenvalue weighted by Gasteiger charge is 2.30. The number of rotatable bonds is 5. The Kier molecular flexibility index (Phi) is 6.34. The van der Waals surface area contributed by atoms with Crippen molar-refractivity contribution in [2.45, 2.75) is 64.6 Å². The van der Waals surface area contributed by atoms with Gasteiger partial charge in [0.2, 0.25) is 0 Å². The summed E-state index contributed by atoms with van der Waals surface area (Å²) in [6, 6.07) is 0. The molecule has 2 unspecified atom stereocenters. The van der Waals surface area contributed by atoms with E-state index in [1.807, 2.05) is 13.8 Å². The Balaban J connectivity index is 1.87. The monoisotopic (exact) mass is 312 g/mol. The number of carbonyl (C=O) groups excluding carboxylic acids is 2. The van der Waals surface area contributed by atoms with Crippen LogP contribution in [-0.2, 0) is 9.47 Å². The minimum Gasteiger partial charge on any atom is -0.442 e. The zero-order valence-electron chi connectivity index (χ0n) is 13.8. The van der Waals surface area contributed by atoms with Gasteiger partial charge in [-0.15, -0.1) is 0 Å². The molecule has 2 fully saturated rings. The summed E-state index contributed by atoms with van der Waals surface area (Å²) in [6.07, 6.45) is 4.13. The van der Waals surface area contributed by atoms with Crippen LogP contribution in [0.25, 0.3) is 0 Å². The summed E-state index contributed by atoms with van der Waals surface area (Å²) < 4.78 is 11.2. The molecule has 126 valence electrons. The molecule has 2 aliphatic heterocycles. The number of amides is 2. The van der Waals surface area contributed by atoms with Crippen LogP contribution in [0, 0.1) is 0 Å². The van der Waals surface area contributed by atoms with Crippen LogP contribution in [0.5, 0.6) is 0 Å². The molecule has 2 aliphatic rings. The predicted molar refractivity (Wildman–Crippen MR) is 82.7 cm³/mol. The molecule has 0 radical (unpaired) electrons. The lowest BCUT2D eigenvalue weighted by Crippen LogP contribution is -2.41. The van der Waals surface area contributed by atoms with E-state index in [0.717, 1.165) is 51.9 Å². The number of hydrogen-bond donors (Lipinski definition) is 0. The van der Waals surface area contributed by atoms with E-state index in [4.69, 9.17) is 9.47 Å². The fourth-order valence-electron chi connectivity index (χ4n) is 3.05. The fraction of sp³-hybridized carbons (Fsp3) is 0.875. The van der Waals surface area contributed by atoms with E-state index in [9.17, 15) is 9.59 Å². The van der Waals surface area contributed by atoms with Crippen LogP contribution < -0.4 is 0 Å². The average molecular weight is 312 g/mol. The molecule has 0 aliphatic carbocycles. The molecule has 2 atom stereocenters. The molecular formula is C16H28N2O4. The molecule has 0 N–H and O–H groups in total. The minimum atomic E-state index is -0.371. The lowest BCUT2D eigenvalue weighted by atomic mass is 10.1. The normalized spacial score (nSPS) is 20.8. The molecule has 6 nitrogen and oxygen atoms in total. The van der Waals surface area contributed by atoms with Gasteiger partial charge in [0.25, 0.3) is 0 Å². The molecule has 2 rings (SSSR count). The first-order valence-electron chi connectivity index (χ1n) is 8.56. The Labute approximate surface area is 132 Å². The molecule has 0 saturated carbocycles. The molecular weight excluding hydrogens is 284 g/mol. The summed E-state index contributed by atoms with van der Waals surface area (Å²) in [5.74, 6) is 0. The smallest absolute Gasteiger partial charge is 0.410 e. The molecule has 0 bridgehead atoms. The highest BCUT2D eigenvalue weighted by atomic mass is 16.6. The Morgan fingerprint density at radius 3 is 1.36 bits per heavy atom. The quantitative estimate of drug-likeness (QED) is 0.783. The minimum absolute atomic E-state index is 0.278. The molecule has 6 heteroatoms.